The zero-order chi connectivity index (χ0) is 16.9. The molecule has 0 aliphatic heterocycles. The first-order chi connectivity index (χ1) is 9.33. The van der Waals surface area contributed by atoms with E-state index >= 15 is 0 Å². The third-order valence-electron chi connectivity index (χ3n) is 2.19. The quantitative estimate of drug-likeness (QED) is 0.625. The van der Waals surface area contributed by atoms with Crippen LogP contribution in [0.3, 0.4) is 0 Å². The van der Waals surface area contributed by atoms with Crippen LogP contribution in [0.15, 0.2) is 0 Å². The van der Waals surface area contributed by atoms with Crippen molar-refractivity contribution in [3.63, 3.8) is 0 Å². The highest BCUT2D eigenvalue weighted by molar-refractivity contribution is 5.80. The number of esters is 1. The van der Waals surface area contributed by atoms with Gasteiger partial charge in [0.2, 0.25) is 0 Å². The highest BCUT2D eigenvalue weighted by Gasteiger charge is 2.62. The second-order valence-corrected chi connectivity index (χ2v) is 5.20. The molecular weight excluding hydrogens is 298 g/mol. The Bertz CT molecular complexity index is 378. The van der Waals surface area contributed by atoms with Gasteiger partial charge in [-0.15, -0.1) is 0 Å². The standard InChI is InChI=1S/C12H19F4NO4/c1-5-20-8(18)11(13,12(14,15)16)6-7-17-9(19)21-10(2,3)4/h5-7H2,1-4H3,(H,17,19). The van der Waals surface area contributed by atoms with Crippen molar-refractivity contribution in [1.82, 2.24) is 5.32 Å². The van der Waals surface area contributed by atoms with Crippen molar-refractivity contribution in [3.8, 4) is 0 Å². The summed E-state index contributed by atoms with van der Waals surface area (Å²) < 4.78 is 60.7. The first kappa shape index (κ1) is 19.5. The normalized spacial score (nSPS) is 15.0. The van der Waals surface area contributed by atoms with Gasteiger partial charge >= 0.3 is 23.9 Å². The lowest BCUT2D eigenvalue weighted by atomic mass is 10.0. The number of nitrogens with one attached hydrogen (secondary N) is 1. The average Bonchev–Trinajstić information content (AvgIpc) is 2.24. The van der Waals surface area contributed by atoms with Crippen molar-refractivity contribution in [1.29, 1.82) is 0 Å². The zero-order valence-corrected chi connectivity index (χ0v) is 12.3. The molecule has 0 aliphatic rings. The van der Waals surface area contributed by atoms with Crippen LogP contribution >= 0.6 is 0 Å². The van der Waals surface area contributed by atoms with Crippen LogP contribution in [-0.4, -0.2) is 42.7 Å². The van der Waals surface area contributed by atoms with E-state index in [0.717, 1.165) is 0 Å². The van der Waals surface area contributed by atoms with E-state index in [1.54, 1.807) is 20.8 Å². The lowest BCUT2D eigenvalue weighted by molar-refractivity contribution is -0.240. The fourth-order valence-electron chi connectivity index (χ4n) is 1.26. The predicted molar refractivity (Wildman–Crippen MR) is 65.4 cm³/mol. The Morgan fingerprint density at radius 2 is 1.62 bits per heavy atom. The average molecular weight is 317 g/mol. The molecule has 0 fully saturated rings. The van der Waals surface area contributed by atoms with Crippen molar-refractivity contribution >= 4 is 12.1 Å². The Balaban J connectivity index is 4.66. The molecule has 0 saturated carbocycles. The smallest absolute Gasteiger partial charge is 0.433 e. The van der Waals surface area contributed by atoms with Gasteiger partial charge in [0.25, 0.3) is 0 Å². The summed E-state index contributed by atoms with van der Waals surface area (Å²) >= 11 is 0. The van der Waals surface area contributed by atoms with Gasteiger partial charge in [0.05, 0.1) is 6.61 Å². The number of carbonyl (C=O) groups is 2. The maximum absolute atomic E-state index is 13.9. The number of ether oxygens (including phenoxy) is 2. The van der Waals surface area contributed by atoms with Gasteiger partial charge in [-0.3, -0.25) is 0 Å². The minimum absolute atomic E-state index is 0.389. The number of hydrogen-bond acceptors (Lipinski definition) is 4. The molecule has 1 unspecified atom stereocenters. The van der Waals surface area contributed by atoms with Gasteiger partial charge in [0.15, 0.2) is 0 Å². The molecule has 1 amide bonds. The molecule has 0 rings (SSSR count). The first-order valence-corrected chi connectivity index (χ1v) is 6.23. The van der Waals surface area contributed by atoms with E-state index < -0.39 is 42.5 Å². The van der Waals surface area contributed by atoms with E-state index in [1.807, 2.05) is 5.32 Å². The largest absolute Gasteiger partial charge is 0.463 e. The summed E-state index contributed by atoms with van der Waals surface area (Å²) in [7, 11) is 0. The van der Waals surface area contributed by atoms with E-state index in [2.05, 4.69) is 4.74 Å². The van der Waals surface area contributed by atoms with Gasteiger partial charge < -0.3 is 14.8 Å². The lowest BCUT2D eigenvalue weighted by Crippen LogP contribution is -2.51. The van der Waals surface area contributed by atoms with E-state index in [-0.39, 0.29) is 6.61 Å². The molecular formula is C12H19F4NO4. The maximum Gasteiger partial charge on any atom is 0.433 e. The second kappa shape index (κ2) is 6.95. The number of rotatable bonds is 5. The molecule has 0 aromatic heterocycles. The van der Waals surface area contributed by atoms with Gasteiger partial charge in [0, 0.05) is 13.0 Å². The number of halogens is 4. The number of alkyl halides is 4. The summed E-state index contributed by atoms with van der Waals surface area (Å²) in [6, 6.07) is 0. The Labute approximate surface area is 120 Å². The third-order valence-corrected chi connectivity index (χ3v) is 2.19. The van der Waals surface area contributed by atoms with Crippen LogP contribution in [0.2, 0.25) is 0 Å². The molecule has 0 aliphatic carbocycles. The molecule has 0 radical (unpaired) electrons. The second-order valence-electron chi connectivity index (χ2n) is 5.20. The number of alkyl carbamates (subject to hydrolysis) is 1. The maximum atomic E-state index is 13.9. The first-order valence-electron chi connectivity index (χ1n) is 6.23. The van der Waals surface area contributed by atoms with E-state index in [1.165, 1.54) is 6.92 Å². The van der Waals surface area contributed by atoms with Crippen molar-refractivity contribution < 1.29 is 36.6 Å². The fourth-order valence-corrected chi connectivity index (χ4v) is 1.26. The molecule has 5 nitrogen and oxygen atoms in total. The molecule has 124 valence electrons. The monoisotopic (exact) mass is 317 g/mol. The molecule has 21 heavy (non-hydrogen) atoms. The summed E-state index contributed by atoms with van der Waals surface area (Å²) in [4.78, 5) is 22.4. The fraction of sp³-hybridized carbons (Fsp3) is 0.833. The van der Waals surface area contributed by atoms with Crippen molar-refractivity contribution in [2.45, 2.75) is 51.6 Å². The van der Waals surface area contributed by atoms with Crippen LogP contribution in [-0.2, 0) is 14.3 Å². The molecule has 0 bridgehead atoms. The topological polar surface area (TPSA) is 64.6 Å². The molecule has 0 spiro atoms. The number of hydrogen-bond donors (Lipinski definition) is 1. The van der Waals surface area contributed by atoms with Crippen molar-refractivity contribution in [3.05, 3.63) is 0 Å². The van der Waals surface area contributed by atoms with Crippen LogP contribution in [0.4, 0.5) is 22.4 Å². The molecule has 9 heteroatoms. The van der Waals surface area contributed by atoms with Crippen LogP contribution in [0.25, 0.3) is 0 Å². The van der Waals surface area contributed by atoms with Crippen LogP contribution in [0.5, 0.6) is 0 Å². The summed E-state index contributed by atoms with van der Waals surface area (Å²) in [5.41, 5.74) is -5.01. The SMILES string of the molecule is CCOC(=O)C(F)(CCNC(=O)OC(C)(C)C)C(F)(F)F. The molecule has 0 heterocycles. The number of amides is 1. The minimum atomic E-state index is -5.44. The van der Waals surface area contributed by atoms with Crippen LogP contribution < -0.4 is 5.32 Å². The third kappa shape index (κ3) is 6.17. The minimum Gasteiger partial charge on any atom is -0.463 e. The van der Waals surface area contributed by atoms with E-state index in [0.29, 0.717) is 0 Å². The Hall–Kier alpha value is -1.54. The van der Waals surface area contributed by atoms with Gasteiger partial charge in [-0.25, -0.2) is 14.0 Å². The molecule has 0 aromatic carbocycles. The van der Waals surface area contributed by atoms with Gasteiger partial charge in [-0.05, 0) is 27.7 Å². The highest BCUT2D eigenvalue weighted by Crippen LogP contribution is 2.37. The van der Waals surface area contributed by atoms with E-state index in [4.69, 9.17) is 4.74 Å². The Morgan fingerprint density at radius 3 is 2.00 bits per heavy atom. The lowest BCUT2D eigenvalue weighted by Gasteiger charge is -2.26. The zero-order valence-electron chi connectivity index (χ0n) is 12.3. The molecule has 1 atom stereocenters. The summed E-state index contributed by atoms with van der Waals surface area (Å²) in [5, 5.41) is 1.96. The van der Waals surface area contributed by atoms with Crippen LogP contribution in [0, 0.1) is 0 Å². The van der Waals surface area contributed by atoms with Gasteiger partial charge in [-0.2, -0.15) is 13.2 Å². The molecule has 0 aromatic rings. The Kier molecular flexibility index (Phi) is 6.44. The summed E-state index contributed by atoms with van der Waals surface area (Å²) in [5.74, 6) is -2.02. The highest BCUT2D eigenvalue weighted by atomic mass is 19.4. The predicted octanol–water partition coefficient (Wildman–Crippen LogP) is 2.73. The summed E-state index contributed by atoms with van der Waals surface area (Å²) in [6.45, 7) is 4.80. The molecule has 1 N–H and O–H groups in total. The van der Waals surface area contributed by atoms with Crippen LogP contribution in [0.1, 0.15) is 34.1 Å². The Morgan fingerprint density at radius 1 is 1.10 bits per heavy atom. The number of carbonyl (C=O) groups excluding carboxylic acids is 2. The van der Waals surface area contributed by atoms with Crippen molar-refractivity contribution in [2.24, 2.45) is 0 Å². The molecule has 0 saturated heterocycles. The van der Waals surface area contributed by atoms with E-state index in [9.17, 15) is 27.2 Å². The van der Waals surface area contributed by atoms with Gasteiger partial charge in [0.1, 0.15) is 5.60 Å². The van der Waals surface area contributed by atoms with Crippen molar-refractivity contribution in [2.75, 3.05) is 13.2 Å². The summed E-state index contributed by atoms with van der Waals surface area (Å²) in [6.07, 6.45) is -7.74. The van der Waals surface area contributed by atoms with Gasteiger partial charge in [-0.1, -0.05) is 0 Å².